The van der Waals surface area contributed by atoms with Crippen molar-refractivity contribution in [3.8, 4) is 11.4 Å². The molecule has 1 atom stereocenters. The fourth-order valence-corrected chi connectivity index (χ4v) is 3.96. The highest BCUT2D eigenvalue weighted by Crippen LogP contribution is 2.38. The summed E-state index contributed by atoms with van der Waals surface area (Å²) in [4.78, 5) is 31.9. The summed E-state index contributed by atoms with van der Waals surface area (Å²) in [6.45, 7) is 0. The van der Waals surface area contributed by atoms with Crippen LogP contribution >= 0.6 is 0 Å². The topological polar surface area (TPSA) is 62.8 Å². The maximum absolute atomic E-state index is 13.0. The minimum absolute atomic E-state index is 0.0663. The third kappa shape index (κ3) is 4.20. The van der Waals surface area contributed by atoms with Crippen molar-refractivity contribution in [2.45, 2.75) is 37.8 Å². The summed E-state index contributed by atoms with van der Waals surface area (Å²) >= 11 is 0. The number of hydrogen-bond acceptors (Lipinski definition) is 3. The number of rotatable bonds is 4. The van der Waals surface area contributed by atoms with E-state index in [1.807, 2.05) is 6.07 Å². The second kappa shape index (κ2) is 7.89. The summed E-state index contributed by atoms with van der Waals surface area (Å²) < 4.78 is 39.0. The molecule has 7 heteroatoms. The SMILES string of the molecule is O=C(C[C@@H]1CCCc2cc(C(F)(F)F)ccc21)c1cc(=O)[nH]c(-c2ccccc2)n1. The minimum atomic E-state index is -4.39. The molecule has 4 nitrogen and oxygen atoms in total. The normalized spacial score (nSPS) is 16.2. The second-order valence-electron chi connectivity index (χ2n) is 7.47. The summed E-state index contributed by atoms with van der Waals surface area (Å²) in [5.41, 5.74) is 1.07. The molecule has 0 aliphatic heterocycles. The number of ketones is 1. The van der Waals surface area contributed by atoms with Crippen LogP contribution in [0.4, 0.5) is 13.2 Å². The molecule has 3 aromatic rings. The Balaban J connectivity index is 1.60. The quantitative estimate of drug-likeness (QED) is 0.603. The molecule has 0 saturated carbocycles. The van der Waals surface area contributed by atoms with E-state index in [1.54, 1.807) is 24.3 Å². The van der Waals surface area contributed by atoms with Gasteiger partial charge >= 0.3 is 6.18 Å². The molecule has 0 fully saturated rings. The zero-order chi connectivity index (χ0) is 21.3. The average molecular weight is 412 g/mol. The van der Waals surface area contributed by atoms with E-state index in [-0.39, 0.29) is 23.8 Å². The number of nitrogens with one attached hydrogen (secondary N) is 1. The maximum atomic E-state index is 13.0. The number of carbonyl (C=O) groups is 1. The molecule has 30 heavy (non-hydrogen) atoms. The van der Waals surface area contributed by atoms with Gasteiger partial charge in [0.15, 0.2) is 5.78 Å². The molecule has 0 spiro atoms. The first-order valence-electron chi connectivity index (χ1n) is 9.71. The molecular weight excluding hydrogens is 393 g/mol. The van der Waals surface area contributed by atoms with Crippen molar-refractivity contribution < 1.29 is 18.0 Å². The number of carbonyl (C=O) groups excluding carboxylic acids is 1. The lowest BCUT2D eigenvalue weighted by molar-refractivity contribution is -0.137. The number of aromatic amines is 1. The first-order chi connectivity index (χ1) is 14.3. The highest BCUT2D eigenvalue weighted by atomic mass is 19.4. The van der Waals surface area contributed by atoms with Gasteiger partial charge in [0.2, 0.25) is 0 Å². The van der Waals surface area contributed by atoms with Crippen molar-refractivity contribution in [3.05, 3.63) is 87.3 Å². The third-order valence-corrected chi connectivity index (χ3v) is 5.42. The largest absolute Gasteiger partial charge is 0.416 e. The fraction of sp³-hybridized carbons (Fsp3) is 0.261. The van der Waals surface area contributed by atoms with Crippen molar-refractivity contribution in [1.82, 2.24) is 9.97 Å². The van der Waals surface area contributed by atoms with E-state index in [1.165, 1.54) is 18.2 Å². The van der Waals surface area contributed by atoms with Crippen LogP contribution in [0.5, 0.6) is 0 Å². The third-order valence-electron chi connectivity index (χ3n) is 5.42. The van der Waals surface area contributed by atoms with Gasteiger partial charge in [-0.15, -0.1) is 0 Å². The Kier molecular flexibility index (Phi) is 5.28. The van der Waals surface area contributed by atoms with Gasteiger partial charge in [-0.1, -0.05) is 36.4 Å². The molecule has 0 bridgehead atoms. The van der Waals surface area contributed by atoms with Gasteiger partial charge in [-0.2, -0.15) is 13.2 Å². The number of Topliss-reactive ketones (excluding diaryl/α,β-unsaturated/α-hetero) is 1. The number of benzene rings is 2. The molecule has 1 aliphatic carbocycles. The van der Waals surface area contributed by atoms with Crippen LogP contribution in [-0.2, 0) is 12.6 Å². The Hall–Kier alpha value is -3.22. The zero-order valence-electron chi connectivity index (χ0n) is 16.0. The number of halogens is 3. The van der Waals surface area contributed by atoms with E-state index in [0.29, 0.717) is 36.2 Å². The first-order valence-corrected chi connectivity index (χ1v) is 9.71. The van der Waals surface area contributed by atoms with Crippen LogP contribution < -0.4 is 5.56 Å². The van der Waals surface area contributed by atoms with Crippen molar-refractivity contribution >= 4 is 5.78 Å². The molecule has 0 saturated heterocycles. The Labute approximate surface area is 170 Å². The van der Waals surface area contributed by atoms with Gasteiger partial charge < -0.3 is 4.98 Å². The van der Waals surface area contributed by atoms with Crippen LogP contribution in [0.25, 0.3) is 11.4 Å². The van der Waals surface area contributed by atoms with Gasteiger partial charge in [0.05, 0.1) is 5.56 Å². The van der Waals surface area contributed by atoms with Crippen LogP contribution in [0, 0.1) is 0 Å². The van der Waals surface area contributed by atoms with Crippen LogP contribution in [-0.4, -0.2) is 15.8 Å². The molecule has 1 N–H and O–H groups in total. The molecular formula is C23H19F3N2O2. The maximum Gasteiger partial charge on any atom is 0.416 e. The lowest BCUT2D eigenvalue weighted by atomic mass is 9.79. The van der Waals surface area contributed by atoms with E-state index in [2.05, 4.69) is 9.97 Å². The average Bonchev–Trinajstić information content (AvgIpc) is 2.73. The second-order valence-corrected chi connectivity index (χ2v) is 7.47. The summed E-state index contributed by atoms with van der Waals surface area (Å²) in [6, 6.07) is 13.9. The van der Waals surface area contributed by atoms with E-state index in [4.69, 9.17) is 0 Å². The van der Waals surface area contributed by atoms with Crippen LogP contribution in [0.15, 0.2) is 59.4 Å². The molecule has 0 amide bonds. The lowest BCUT2D eigenvalue weighted by Crippen LogP contribution is -2.18. The van der Waals surface area contributed by atoms with Crippen molar-refractivity contribution in [1.29, 1.82) is 0 Å². The predicted octanol–water partition coefficient (Wildman–Crippen LogP) is 5.15. The molecule has 1 aromatic heterocycles. The van der Waals surface area contributed by atoms with Crippen molar-refractivity contribution in [2.75, 3.05) is 0 Å². The number of hydrogen-bond donors (Lipinski definition) is 1. The number of H-pyrrole nitrogens is 1. The monoisotopic (exact) mass is 412 g/mol. The molecule has 1 aliphatic rings. The molecule has 0 unspecified atom stereocenters. The summed E-state index contributed by atoms with van der Waals surface area (Å²) in [5.74, 6) is -0.175. The van der Waals surface area contributed by atoms with Gasteiger partial charge in [-0.3, -0.25) is 9.59 Å². The molecule has 2 aromatic carbocycles. The van der Waals surface area contributed by atoms with Gasteiger partial charge in [-0.25, -0.2) is 4.98 Å². The summed E-state index contributed by atoms with van der Waals surface area (Å²) in [7, 11) is 0. The summed E-state index contributed by atoms with van der Waals surface area (Å²) in [6.07, 6.45) is -2.31. The van der Waals surface area contributed by atoms with E-state index in [9.17, 15) is 22.8 Å². The van der Waals surface area contributed by atoms with Gasteiger partial charge in [0.1, 0.15) is 11.5 Å². The van der Waals surface area contributed by atoms with Crippen molar-refractivity contribution in [3.63, 3.8) is 0 Å². The molecule has 154 valence electrons. The number of nitrogens with zero attached hydrogens (tertiary/aromatic N) is 1. The predicted molar refractivity (Wildman–Crippen MR) is 106 cm³/mol. The smallest absolute Gasteiger partial charge is 0.306 e. The standard InChI is InChI=1S/C23H19F3N2O2/c24-23(25,26)17-9-10-18-15(11-17)7-4-8-16(18)12-20(29)19-13-21(30)28-22(27-19)14-5-2-1-3-6-14/h1-3,5-6,9-11,13,16H,4,7-8,12H2,(H,27,28,30)/t16-/m0/s1. The number of aryl methyl sites for hydroxylation is 1. The highest BCUT2D eigenvalue weighted by molar-refractivity contribution is 5.95. The number of aromatic nitrogens is 2. The highest BCUT2D eigenvalue weighted by Gasteiger charge is 2.32. The zero-order valence-corrected chi connectivity index (χ0v) is 16.0. The van der Waals surface area contributed by atoms with Crippen LogP contribution in [0.2, 0.25) is 0 Å². The molecule has 1 heterocycles. The van der Waals surface area contributed by atoms with Crippen molar-refractivity contribution in [2.24, 2.45) is 0 Å². The molecule has 0 radical (unpaired) electrons. The van der Waals surface area contributed by atoms with Crippen LogP contribution in [0.1, 0.15) is 52.4 Å². The fourth-order valence-electron chi connectivity index (χ4n) is 3.96. The van der Waals surface area contributed by atoms with E-state index < -0.39 is 17.3 Å². The Morgan fingerprint density at radius 3 is 2.60 bits per heavy atom. The first kappa shape index (κ1) is 20.1. The number of fused-ring (bicyclic) bond motifs is 1. The lowest BCUT2D eigenvalue weighted by Gasteiger charge is -2.26. The molecule has 4 rings (SSSR count). The Morgan fingerprint density at radius 2 is 1.87 bits per heavy atom. The van der Waals surface area contributed by atoms with Gasteiger partial charge in [0, 0.05) is 18.1 Å². The summed E-state index contributed by atoms with van der Waals surface area (Å²) in [5, 5.41) is 0. The van der Waals surface area contributed by atoms with Crippen LogP contribution in [0.3, 0.4) is 0 Å². The Bertz CT molecular complexity index is 1140. The minimum Gasteiger partial charge on any atom is -0.306 e. The van der Waals surface area contributed by atoms with Gasteiger partial charge in [0.25, 0.3) is 5.56 Å². The Morgan fingerprint density at radius 1 is 1.10 bits per heavy atom. The van der Waals surface area contributed by atoms with Gasteiger partial charge in [-0.05, 0) is 48.4 Å². The number of alkyl halides is 3. The van der Waals surface area contributed by atoms with E-state index in [0.717, 1.165) is 11.6 Å². The van der Waals surface area contributed by atoms with E-state index >= 15 is 0 Å².